The van der Waals surface area contributed by atoms with E-state index in [0.29, 0.717) is 13.2 Å². The number of amides is 3. The number of nitrogens with one attached hydrogen (secondary N) is 1. The molecule has 2 heterocycles. The molecule has 6 nitrogen and oxygen atoms in total. The van der Waals surface area contributed by atoms with Gasteiger partial charge in [0.15, 0.2) is 0 Å². The zero-order valence-corrected chi connectivity index (χ0v) is 19.7. The van der Waals surface area contributed by atoms with Crippen LogP contribution in [0.1, 0.15) is 50.6 Å². The zero-order valence-electron chi connectivity index (χ0n) is 18.8. The van der Waals surface area contributed by atoms with E-state index in [-0.39, 0.29) is 36.6 Å². The van der Waals surface area contributed by atoms with Gasteiger partial charge in [0.1, 0.15) is 18.9 Å². The van der Waals surface area contributed by atoms with Crippen molar-refractivity contribution in [3.05, 3.63) is 52.2 Å². The summed E-state index contributed by atoms with van der Waals surface area (Å²) in [4.78, 5) is 31.0. The van der Waals surface area contributed by atoms with Crippen LogP contribution in [0.15, 0.2) is 41.8 Å². The number of urea groups is 1. The Morgan fingerprint density at radius 3 is 2.65 bits per heavy atom. The van der Waals surface area contributed by atoms with Crippen LogP contribution in [0, 0.1) is 0 Å². The molecule has 0 saturated heterocycles. The second-order valence-corrected chi connectivity index (χ2v) is 9.27. The Hall–Kier alpha value is -2.54. The predicted octanol–water partition coefficient (Wildman–Crippen LogP) is 4.47. The topological polar surface area (TPSA) is 61.9 Å². The third-order valence-electron chi connectivity index (χ3n) is 5.67. The molecule has 0 fully saturated rings. The van der Waals surface area contributed by atoms with Gasteiger partial charge in [-0.1, -0.05) is 25.1 Å². The van der Waals surface area contributed by atoms with E-state index in [1.807, 2.05) is 62.9 Å². The molecule has 168 valence electrons. The monoisotopic (exact) mass is 443 g/mol. The van der Waals surface area contributed by atoms with Crippen molar-refractivity contribution in [1.82, 2.24) is 15.1 Å². The highest BCUT2D eigenvalue weighted by atomic mass is 32.1. The maximum atomic E-state index is 13.4. The smallest absolute Gasteiger partial charge is 0.318 e. The molecule has 1 aromatic heterocycles. The van der Waals surface area contributed by atoms with E-state index >= 15 is 0 Å². The van der Waals surface area contributed by atoms with Gasteiger partial charge in [-0.2, -0.15) is 0 Å². The molecule has 0 saturated carbocycles. The average molecular weight is 444 g/mol. The highest BCUT2D eigenvalue weighted by Gasteiger charge is 2.34. The number of carbonyl (C=O) groups excluding carboxylic acids is 2. The number of hydrogen-bond donors (Lipinski definition) is 1. The second kappa shape index (κ2) is 10.7. The minimum Gasteiger partial charge on any atom is -0.491 e. The predicted molar refractivity (Wildman–Crippen MR) is 125 cm³/mol. The highest BCUT2D eigenvalue weighted by molar-refractivity contribution is 7.10. The normalized spacial score (nSPS) is 16.5. The zero-order chi connectivity index (χ0) is 22.4. The van der Waals surface area contributed by atoms with Gasteiger partial charge in [0.2, 0.25) is 5.91 Å². The van der Waals surface area contributed by atoms with Crippen LogP contribution in [-0.2, 0) is 11.2 Å². The standard InChI is InChI=1S/C24H33N3O3S/c1-5-18(4)27(24(29)25-17(2)3)15-23(28)26-13-11-22-20(12-14-31-22)21(26)16-30-19-9-7-6-8-10-19/h6-10,12,14,17-18,21H,5,11,13,15-16H2,1-4H3,(H,25,29)/t18-,21+/m1/s1. The Balaban J connectivity index is 1.77. The van der Waals surface area contributed by atoms with Gasteiger partial charge in [-0.05, 0) is 62.8 Å². The van der Waals surface area contributed by atoms with Gasteiger partial charge in [0.25, 0.3) is 0 Å². The van der Waals surface area contributed by atoms with Gasteiger partial charge >= 0.3 is 6.03 Å². The van der Waals surface area contributed by atoms with Crippen molar-refractivity contribution >= 4 is 23.3 Å². The molecule has 0 radical (unpaired) electrons. The summed E-state index contributed by atoms with van der Waals surface area (Å²) in [6.45, 7) is 8.95. The van der Waals surface area contributed by atoms with E-state index in [0.717, 1.165) is 24.2 Å². The van der Waals surface area contributed by atoms with E-state index in [1.165, 1.54) is 4.88 Å². The van der Waals surface area contributed by atoms with Crippen LogP contribution in [-0.4, -0.2) is 53.5 Å². The Morgan fingerprint density at radius 1 is 1.23 bits per heavy atom. The number of benzene rings is 1. The number of thiophene rings is 1. The van der Waals surface area contributed by atoms with Crippen molar-refractivity contribution in [2.24, 2.45) is 0 Å². The first kappa shape index (κ1) is 23.1. The van der Waals surface area contributed by atoms with E-state index in [4.69, 9.17) is 4.74 Å². The maximum absolute atomic E-state index is 13.4. The van der Waals surface area contributed by atoms with Gasteiger partial charge < -0.3 is 19.9 Å². The average Bonchev–Trinajstić information content (AvgIpc) is 3.24. The molecule has 3 amide bonds. The molecule has 1 aromatic carbocycles. The molecule has 2 aromatic rings. The highest BCUT2D eigenvalue weighted by Crippen LogP contribution is 2.34. The number of ether oxygens (including phenoxy) is 1. The Bertz CT molecular complexity index is 868. The van der Waals surface area contributed by atoms with Crippen molar-refractivity contribution in [3.63, 3.8) is 0 Å². The van der Waals surface area contributed by atoms with Gasteiger partial charge in [0, 0.05) is 23.5 Å². The molecule has 3 rings (SSSR count). The molecule has 2 atom stereocenters. The summed E-state index contributed by atoms with van der Waals surface area (Å²) in [5, 5.41) is 5.01. The summed E-state index contributed by atoms with van der Waals surface area (Å²) < 4.78 is 6.04. The number of carbonyl (C=O) groups is 2. The second-order valence-electron chi connectivity index (χ2n) is 8.27. The van der Waals surface area contributed by atoms with Crippen molar-refractivity contribution in [2.75, 3.05) is 19.7 Å². The Kier molecular flexibility index (Phi) is 7.96. The summed E-state index contributed by atoms with van der Waals surface area (Å²) in [7, 11) is 0. The summed E-state index contributed by atoms with van der Waals surface area (Å²) in [6, 6.07) is 11.4. The summed E-state index contributed by atoms with van der Waals surface area (Å²) in [5.41, 5.74) is 1.15. The van der Waals surface area contributed by atoms with Gasteiger partial charge in [-0.3, -0.25) is 4.79 Å². The van der Waals surface area contributed by atoms with Crippen molar-refractivity contribution in [1.29, 1.82) is 0 Å². The van der Waals surface area contributed by atoms with Crippen LogP contribution in [0.25, 0.3) is 0 Å². The molecule has 0 unspecified atom stereocenters. The number of fused-ring (bicyclic) bond motifs is 1. The number of nitrogens with zero attached hydrogens (tertiary/aromatic N) is 2. The molecule has 0 aliphatic carbocycles. The lowest BCUT2D eigenvalue weighted by Gasteiger charge is -2.38. The molecule has 1 aliphatic rings. The van der Waals surface area contributed by atoms with Crippen molar-refractivity contribution in [3.8, 4) is 5.75 Å². The van der Waals surface area contributed by atoms with Crippen LogP contribution in [0.4, 0.5) is 4.79 Å². The lowest BCUT2D eigenvalue weighted by molar-refractivity contribution is -0.136. The van der Waals surface area contributed by atoms with Crippen LogP contribution in [0.5, 0.6) is 5.75 Å². The molecule has 31 heavy (non-hydrogen) atoms. The van der Waals surface area contributed by atoms with Crippen molar-refractivity contribution in [2.45, 2.75) is 58.7 Å². The quantitative estimate of drug-likeness (QED) is 0.655. The first-order valence-corrected chi connectivity index (χ1v) is 11.9. The van der Waals surface area contributed by atoms with Crippen LogP contribution < -0.4 is 10.1 Å². The Morgan fingerprint density at radius 2 is 1.97 bits per heavy atom. The van der Waals surface area contributed by atoms with E-state index in [9.17, 15) is 9.59 Å². The SMILES string of the molecule is CC[C@@H](C)N(CC(=O)N1CCc2sccc2[C@@H]1COc1ccccc1)C(=O)NC(C)C. The minimum atomic E-state index is -0.192. The number of para-hydroxylation sites is 1. The molecule has 7 heteroatoms. The fraction of sp³-hybridized carbons (Fsp3) is 0.500. The van der Waals surface area contributed by atoms with E-state index in [1.54, 1.807) is 16.2 Å². The molecule has 1 aliphatic heterocycles. The van der Waals surface area contributed by atoms with Gasteiger partial charge in [-0.25, -0.2) is 4.79 Å². The van der Waals surface area contributed by atoms with Crippen molar-refractivity contribution < 1.29 is 14.3 Å². The van der Waals surface area contributed by atoms with Crippen LogP contribution >= 0.6 is 11.3 Å². The first-order chi connectivity index (χ1) is 14.9. The van der Waals surface area contributed by atoms with Crippen LogP contribution in [0.3, 0.4) is 0 Å². The third-order valence-corrected chi connectivity index (χ3v) is 6.66. The van der Waals surface area contributed by atoms with Gasteiger partial charge in [-0.15, -0.1) is 11.3 Å². The van der Waals surface area contributed by atoms with Gasteiger partial charge in [0.05, 0.1) is 6.04 Å². The lowest BCUT2D eigenvalue weighted by Crippen LogP contribution is -2.53. The maximum Gasteiger partial charge on any atom is 0.318 e. The number of hydrogen-bond acceptors (Lipinski definition) is 4. The van der Waals surface area contributed by atoms with Crippen LogP contribution in [0.2, 0.25) is 0 Å². The Labute approximate surface area is 189 Å². The largest absolute Gasteiger partial charge is 0.491 e. The molecular formula is C24H33N3O3S. The molecule has 0 spiro atoms. The fourth-order valence-electron chi connectivity index (χ4n) is 3.78. The molecular weight excluding hydrogens is 410 g/mol. The third kappa shape index (κ3) is 5.79. The number of rotatable bonds is 8. The fourth-order valence-corrected chi connectivity index (χ4v) is 4.71. The first-order valence-electron chi connectivity index (χ1n) is 11.0. The minimum absolute atomic E-state index is 0.0181. The van der Waals surface area contributed by atoms with E-state index in [2.05, 4.69) is 16.8 Å². The molecule has 1 N–H and O–H groups in total. The lowest BCUT2D eigenvalue weighted by atomic mass is 10.00. The summed E-state index contributed by atoms with van der Waals surface area (Å²) >= 11 is 1.73. The molecule has 0 bridgehead atoms. The van der Waals surface area contributed by atoms with E-state index < -0.39 is 0 Å². The summed E-state index contributed by atoms with van der Waals surface area (Å²) in [6.07, 6.45) is 1.62. The summed E-state index contributed by atoms with van der Waals surface area (Å²) in [5.74, 6) is 0.743.